The lowest BCUT2D eigenvalue weighted by Gasteiger charge is -2.20. The van der Waals surface area contributed by atoms with Crippen molar-refractivity contribution in [2.75, 3.05) is 26.0 Å². The second-order valence-corrected chi connectivity index (χ2v) is 7.73. The minimum absolute atomic E-state index is 0.378. The average Bonchev–Trinajstić information content (AvgIpc) is 2.62. The van der Waals surface area contributed by atoms with E-state index in [0.29, 0.717) is 17.6 Å². The summed E-state index contributed by atoms with van der Waals surface area (Å²) in [6.07, 6.45) is 1.64. The second-order valence-electron chi connectivity index (χ2n) is 7.73. The average molecular weight is 381 g/mol. The summed E-state index contributed by atoms with van der Waals surface area (Å²) < 4.78 is 5.50. The minimum atomic E-state index is -0.488. The van der Waals surface area contributed by atoms with Gasteiger partial charge in [0.25, 0.3) is 0 Å². The Labute approximate surface area is 169 Å². The van der Waals surface area contributed by atoms with Crippen molar-refractivity contribution in [2.24, 2.45) is 5.92 Å². The van der Waals surface area contributed by atoms with E-state index in [1.165, 1.54) is 11.1 Å². The number of ether oxygens (including phenoxy) is 1. The third-order valence-corrected chi connectivity index (χ3v) is 4.68. The van der Waals surface area contributed by atoms with Gasteiger partial charge in [0.1, 0.15) is 5.75 Å². The van der Waals surface area contributed by atoms with Gasteiger partial charge in [-0.25, -0.2) is 4.79 Å². The van der Waals surface area contributed by atoms with Crippen LogP contribution in [0.3, 0.4) is 0 Å². The van der Waals surface area contributed by atoms with Crippen LogP contribution in [0.4, 0.5) is 10.5 Å². The Kier molecular flexibility index (Phi) is 7.82. The van der Waals surface area contributed by atoms with Gasteiger partial charge in [-0.05, 0) is 73.8 Å². The van der Waals surface area contributed by atoms with Crippen molar-refractivity contribution in [1.29, 1.82) is 0 Å². The summed E-state index contributed by atoms with van der Waals surface area (Å²) in [6, 6.07) is 15.5. The summed E-state index contributed by atoms with van der Waals surface area (Å²) in [5.41, 5.74) is 4.27. The monoisotopic (exact) mass is 380 g/mol. The number of carbonyl (C=O) groups excluding carboxylic acids is 1. The number of allylic oxidation sites excluding steroid dienone is 1. The van der Waals surface area contributed by atoms with Crippen LogP contribution in [0.25, 0.3) is 5.57 Å². The molecule has 0 radical (unpaired) electrons. The van der Waals surface area contributed by atoms with Crippen molar-refractivity contribution in [2.45, 2.75) is 33.6 Å². The van der Waals surface area contributed by atoms with E-state index in [2.05, 4.69) is 57.2 Å². The van der Waals surface area contributed by atoms with Crippen molar-refractivity contribution >= 4 is 17.4 Å². The standard InChI is InChI=1S/C24H32N2O2/c1-7-23(18(4)16-26(5)6)20-9-8-10-22(15-20)28-24(27)25-21-13-11-19(12-14-21)17(2)3/h7-15,17-18H,16H2,1-6H3,(H,25,27)/b23-7-. The van der Waals surface area contributed by atoms with E-state index in [-0.39, 0.29) is 0 Å². The van der Waals surface area contributed by atoms with Crippen LogP contribution in [0.1, 0.15) is 44.7 Å². The number of carbonyl (C=O) groups is 1. The molecule has 1 amide bonds. The summed E-state index contributed by atoms with van der Waals surface area (Å²) in [4.78, 5) is 14.4. The first-order valence-corrected chi connectivity index (χ1v) is 9.80. The van der Waals surface area contributed by atoms with Crippen LogP contribution in [0, 0.1) is 5.92 Å². The maximum absolute atomic E-state index is 12.3. The van der Waals surface area contributed by atoms with Gasteiger partial charge in [-0.2, -0.15) is 0 Å². The number of nitrogens with zero attached hydrogens (tertiary/aromatic N) is 1. The summed E-state index contributed by atoms with van der Waals surface area (Å²) in [6.45, 7) is 9.49. The zero-order valence-corrected chi connectivity index (χ0v) is 17.8. The van der Waals surface area contributed by atoms with Crippen molar-refractivity contribution < 1.29 is 9.53 Å². The molecule has 0 bridgehead atoms. The molecule has 2 aromatic carbocycles. The highest BCUT2D eigenvalue weighted by atomic mass is 16.6. The number of anilines is 1. The SMILES string of the molecule is C/C=C(\c1cccc(OC(=O)Nc2ccc(C(C)C)cc2)c1)C(C)CN(C)C. The molecule has 0 aliphatic carbocycles. The highest BCUT2D eigenvalue weighted by molar-refractivity contribution is 5.86. The second kappa shape index (κ2) is 10.1. The third kappa shape index (κ3) is 6.24. The molecular formula is C24H32N2O2. The fourth-order valence-corrected chi connectivity index (χ4v) is 3.32. The van der Waals surface area contributed by atoms with Crippen molar-refractivity contribution in [3.05, 3.63) is 65.7 Å². The highest BCUT2D eigenvalue weighted by Crippen LogP contribution is 2.27. The summed E-state index contributed by atoms with van der Waals surface area (Å²) in [5, 5.41) is 2.79. The van der Waals surface area contributed by atoms with Gasteiger partial charge >= 0.3 is 6.09 Å². The molecule has 150 valence electrons. The number of hydrogen-bond donors (Lipinski definition) is 1. The Morgan fingerprint density at radius 3 is 2.36 bits per heavy atom. The lowest BCUT2D eigenvalue weighted by atomic mass is 9.93. The molecule has 0 fully saturated rings. The zero-order chi connectivity index (χ0) is 20.7. The van der Waals surface area contributed by atoms with Crippen LogP contribution in [0.15, 0.2) is 54.6 Å². The van der Waals surface area contributed by atoms with E-state index in [0.717, 1.165) is 17.8 Å². The maximum atomic E-state index is 12.3. The number of benzene rings is 2. The maximum Gasteiger partial charge on any atom is 0.417 e. The van der Waals surface area contributed by atoms with Gasteiger partial charge in [0.15, 0.2) is 0 Å². The van der Waals surface area contributed by atoms with Crippen molar-refractivity contribution in [1.82, 2.24) is 4.90 Å². The number of rotatable bonds is 7. The molecular weight excluding hydrogens is 348 g/mol. The molecule has 0 aromatic heterocycles. The topological polar surface area (TPSA) is 41.6 Å². The fourth-order valence-electron chi connectivity index (χ4n) is 3.32. The van der Waals surface area contributed by atoms with Gasteiger partial charge in [0.05, 0.1) is 0 Å². The molecule has 2 aromatic rings. The van der Waals surface area contributed by atoms with E-state index in [1.807, 2.05) is 43.3 Å². The van der Waals surface area contributed by atoms with Gasteiger partial charge in [-0.15, -0.1) is 0 Å². The van der Waals surface area contributed by atoms with Gasteiger partial charge in [-0.1, -0.05) is 51.1 Å². The molecule has 1 atom stereocenters. The molecule has 0 aliphatic rings. The quantitative estimate of drug-likeness (QED) is 0.638. The summed E-state index contributed by atoms with van der Waals surface area (Å²) in [5.74, 6) is 1.37. The summed E-state index contributed by atoms with van der Waals surface area (Å²) >= 11 is 0. The Morgan fingerprint density at radius 2 is 1.79 bits per heavy atom. The molecule has 0 saturated carbocycles. The Bertz CT molecular complexity index is 808. The number of amides is 1. The molecule has 28 heavy (non-hydrogen) atoms. The van der Waals surface area contributed by atoms with E-state index < -0.39 is 6.09 Å². The first-order valence-electron chi connectivity index (χ1n) is 9.80. The third-order valence-electron chi connectivity index (χ3n) is 4.68. The largest absolute Gasteiger partial charge is 0.417 e. The Morgan fingerprint density at radius 1 is 1.11 bits per heavy atom. The molecule has 1 N–H and O–H groups in total. The van der Waals surface area contributed by atoms with Gasteiger partial charge in [0.2, 0.25) is 0 Å². The summed E-state index contributed by atoms with van der Waals surface area (Å²) in [7, 11) is 4.14. The van der Waals surface area contributed by atoms with Gasteiger partial charge < -0.3 is 9.64 Å². The number of hydrogen-bond acceptors (Lipinski definition) is 3. The van der Waals surface area contributed by atoms with Crippen molar-refractivity contribution in [3.8, 4) is 5.75 Å². The van der Waals surface area contributed by atoms with Crippen LogP contribution < -0.4 is 10.1 Å². The first kappa shape index (κ1) is 21.7. The molecule has 2 rings (SSSR count). The lowest BCUT2D eigenvalue weighted by Crippen LogP contribution is -2.20. The molecule has 1 unspecified atom stereocenters. The Balaban J connectivity index is 2.06. The zero-order valence-electron chi connectivity index (χ0n) is 17.8. The van der Waals surface area contributed by atoms with Crippen LogP contribution in [-0.2, 0) is 0 Å². The van der Waals surface area contributed by atoms with Crippen LogP contribution in [0.5, 0.6) is 5.75 Å². The van der Waals surface area contributed by atoms with Gasteiger partial charge in [-0.3, -0.25) is 5.32 Å². The van der Waals surface area contributed by atoms with Crippen LogP contribution in [0.2, 0.25) is 0 Å². The van der Waals surface area contributed by atoms with E-state index >= 15 is 0 Å². The molecule has 0 heterocycles. The lowest BCUT2D eigenvalue weighted by molar-refractivity contribution is 0.215. The number of nitrogens with one attached hydrogen (secondary N) is 1. The minimum Gasteiger partial charge on any atom is -0.410 e. The fraction of sp³-hybridized carbons (Fsp3) is 0.375. The van der Waals surface area contributed by atoms with Crippen LogP contribution >= 0.6 is 0 Å². The molecule has 0 aliphatic heterocycles. The smallest absolute Gasteiger partial charge is 0.410 e. The Hall–Kier alpha value is -2.59. The molecule has 4 nitrogen and oxygen atoms in total. The molecule has 4 heteroatoms. The van der Waals surface area contributed by atoms with Crippen LogP contribution in [-0.4, -0.2) is 31.6 Å². The first-order chi connectivity index (χ1) is 13.3. The van der Waals surface area contributed by atoms with Gasteiger partial charge in [0, 0.05) is 12.2 Å². The normalized spacial score (nSPS) is 12.9. The predicted octanol–water partition coefficient (Wildman–Crippen LogP) is 6.02. The predicted molar refractivity (Wildman–Crippen MR) is 118 cm³/mol. The molecule has 0 spiro atoms. The molecule has 0 saturated heterocycles. The van der Waals surface area contributed by atoms with E-state index in [4.69, 9.17) is 4.74 Å². The van der Waals surface area contributed by atoms with Crippen molar-refractivity contribution in [3.63, 3.8) is 0 Å². The highest BCUT2D eigenvalue weighted by Gasteiger charge is 2.13. The van der Waals surface area contributed by atoms with E-state index in [1.54, 1.807) is 6.07 Å². The van der Waals surface area contributed by atoms with E-state index in [9.17, 15) is 4.79 Å².